The molecule has 2 saturated carbocycles. The van der Waals surface area contributed by atoms with E-state index in [4.69, 9.17) is 9.47 Å². The van der Waals surface area contributed by atoms with Crippen molar-refractivity contribution in [1.82, 2.24) is 14.1 Å². The lowest BCUT2D eigenvalue weighted by atomic mass is 9.70. The van der Waals surface area contributed by atoms with E-state index in [0.29, 0.717) is 50.5 Å². The lowest BCUT2D eigenvalue weighted by Gasteiger charge is -2.41. The van der Waals surface area contributed by atoms with Crippen LogP contribution in [0.3, 0.4) is 0 Å². The fourth-order valence-electron chi connectivity index (χ4n) is 6.61. The molecule has 3 fully saturated rings. The Balaban J connectivity index is 1.37. The van der Waals surface area contributed by atoms with Crippen LogP contribution in [0.5, 0.6) is 5.75 Å². The number of carbonyl (C=O) groups excluding carboxylic acids is 1. The molecule has 10 nitrogen and oxygen atoms in total. The van der Waals surface area contributed by atoms with Gasteiger partial charge >= 0.3 is 5.56 Å². The molecule has 2 aliphatic carbocycles. The first-order valence-electron chi connectivity index (χ1n) is 13.7. The quantitative estimate of drug-likeness (QED) is 0.432. The van der Waals surface area contributed by atoms with Gasteiger partial charge in [-0.15, -0.1) is 0 Å². The Morgan fingerprint density at radius 1 is 1.03 bits per heavy atom. The molecule has 2 aromatic rings. The monoisotopic (exact) mass is 558 g/mol. The van der Waals surface area contributed by atoms with Gasteiger partial charge in [-0.25, -0.2) is 8.42 Å². The molecule has 3 aliphatic rings. The fourth-order valence-corrected chi connectivity index (χ4v) is 9.15. The Hall–Kier alpha value is -2.76. The lowest BCUT2D eigenvalue weighted by Crippen LogP contribution is -2.55. The minimum absolute atomic E-state index is 0.0647. The summed E-state index contributed by atoms with van der Waals surface area (Å²) in [7, 11) is -3.69. The fraction of sp³-hybridized carbons (Fsp3) is 0.607. The number of nitrogens with zero attached hydrogens (tertiary/aromatic N) is 4. The Kier molecular flexibility index (Phi) is 7.36. The molecule has 1 aromatic carbocycles. The van der Waals surface area contributed by atoms with Gasteiger partial charge in [-0.1, -0.05) is 39.0 Å². The number of benzene rings is 1. The Labute approximate surface area is 229 Å². The predicted octanol–water partition coefficient (Wildman–Crippen LogP) is 2.49. The summed E-state index contributed by atoms with van der Waals surface area (Å²) in [6, 6.07) is 9.12. The van der Waals surface area contributed by atoms with E-state index in [1.807, 2.05) is 50.8 Å². The number of sulfonamides is 1. The number of hydrogen-bond donors (Lipinski definition) is 0. The van der Waals surface area contributed by atoms with Crippen LogP contribution in [0.2, 0.25) is 0 Å². The second-order valence-electron chi connectivity index (χ2n) is 11.4. The zero-order chi connectivity index (χ0) is 28.0. The number of hydrogen-bond acceptors (Lipinski definition) is 8. The van der Waals surface area contributed by atoms with Gasteiger partial charge in [0.1, 0.15) is 18.1 Å². The van der Waals surface area contributed by atoms with Gasteiger partial charge in [0.25, 0.3) is 0 Å². The third-order valence-corrected chi connectivity index (χ3v) is 11.9. The average Bonchev–Trinajstić information content (AvgIpc) is 3.23. The van der Waals surface area contributed by atoms with Crippen LogP contribution in [0.15, 0.2) is 41.3 Å². The summed E-state index contributed by atoms with van der Waals surface area (Å²) in [5.41, 5.74) is -0.450. The van der Waals surface area contributed by atoms with Gasteiger partial charge < -0.3 is 14.4 Å². The summed E-state index contributed by atoms with van der Waals surface area (Å²) in [6.07, 6.45) is 2.60. The van der Waals surface area contributed by atoms with Gasteiger partial charge in [0.2, 0.25) is 15.8 Å². The van der Waals surface area contributed by atoms with E-state index in [9.17, 15) is 18.0 Å². The van der Waals surface area contributed by atoms with Gasteiger partial charge in [-0.2, -0.15) is 14.1 Å². The van der Waals surface area contributed by atoms with E-state index < -0.39 is 20.7 Å². The SMILES string of the molecule is CCOCCOc1c(N2CCN(S(=O)(=O)C3CC4CC(=O)[C@]3(C)C4(C)C)CC2)cnn(-c2ccccc2)c1=O. The molecule has 212 valence electrons. The van der Waals surface area contributed by atoms with Crippen molar-refractivity contribution in [3.8, 4) is 11.4 Å². The summed E-state index contributed by atoms with van der Waals surface area (Å²) >= 11 is 0. The summed E-state index contributed by atoms with van der Waals surface area (Å²) in [5.74, 6) is 0.322. The molecule has 1 saturated heterocycles. The second kappa shape index (κ2) is 10.3. The third kappa shape index (κ3) is 4.48. The van der Waals surface area contributed by atoms with Gasteiger partial charge in [0, 0.05) is 44.6 Å². The summed E-state index contributed by atoms with van der Waals surface area (Å²) < 4.78 is 41.8. The topological polar surface area (TPSA) is 111 Å². The molecule has 2 bridgehead atoms. The summed E-state index contributed by atoms with van der Waals surface area (Å²) in [6.45, 7) is 10.2. The normalized spacial score (nSPS) is 26.8. The predicted molar refractivity (Wildman–Crippen MR) is 148 cm³/mol. The number of fused-ring (bicyclic) bond motifs is 2. The van der Waals surface area contributed by atoms with Gasteiger partial charge in [0.05, 0.1) is 23.7 Å². The number of ether oxygens (including phenoxy) is 2. The van der Waals surface area contributed by atoms with Crippen LogP contribution in [0.1, 0.15) is 40.5 Å². The molecule has 0 N–H and O–H groups in total. The summed E-state index contributed by atoms with van der Waals surface area (Å²) in [5, 5.41) is 3.70. The molecule has 11 heteroatoms. The Morgan fingerprint density at radius 3 is 2.33 bits per heavy atom. The number of piperazine rings is 1. The van der Waals surface area contributed by atoms with Crippen molar-refractivity contribution in [2.24, 2.45) is 16.7 Å². The van der Waals surface area contributed by atoms with Crippen LogP contribution < -0.4 is 15.2 Å². The van der Waals surface area contributed by atoms with E-state index in [-0.39, 0.29) is 48.1 Å². The zero-order valence-corrected chi connectivity index (χ0v) is 23.9. The van der Waals surface area contributed by atoms with E-state index in [0.717, 1.165) is 0 Å². The highest BCUT2D eigenvalue weighted by molar-refractivity contribution is 7.89. The zero-order valence-electron chi connectivity index (χ0n) is 23.1. The molecule has 2 heterocycles. The van der Waals surface area contributed by atoms with E-state index in [1.54, 1.807) is 18.3 Å². The molecule has 5 rings (SSSR count). The maximum Gasteiger partial charge on any atom is 0.316 e. The standard InChI is InChI=1S/C28H38N4O6S/c1-5-37-15-16-38-25-22(19-29-32(26(25)34)21-9-7-6-8-10-21)30-11-13-31(14-12-30)39(35,36)24-18-20-17-23(33)28(24,4)27(20,2)3/h6-10,19-20,24H,5,11-18H2,1-4H3/t20?,24?,28-/m0/s1. The molecule has 0 spiro atoms. The first kappa shape index (κ1) is 27.8. The average molecular weight is 559 g/mol. The molecule has 1 aromatic heterocycles. The molecule has 39 heavy (non-hydrogen) atoms. The van der Waals surface area contributed by atoms with Crippen LogP contribution in [0.25, 0.3) is 5.69 Å². The minimum atomic E-state index is -3.69. The van der Waals surface area contributed by atoms with Crippen LogP contribution in [0, 0.1) is 16.7 Å². The molecule has 1 aliphatic heterocycles. The highest BCUT2D eigenvalue weighted by Crippen LogP contribution is 2.65. The molecule has 0 amide bonds. The maximum atomic E-state index is 13.8. The number of rotatable bonds is 9. The maximum absolute atomic E-state index is 13.8. The second-order valence-corrected chi connectivity index (χ2v) is 13.5. The highest BCUT2D eigenvalue weighted by Gasteiger charge is 2.70. The van der Waals surface area contributed by atoms with Crippen LogP contribution >= 0.6 is 0 Å². The van der Waals surface area contributed by atoms with E-state index in [1.165, 1.54) is 8.99 Å². The number of anilines is 1. The van der Waals surface area contributed by atoms with Crippen molar-refractivity contribution in [1.29, 1.82) is 0 Å². The van der Waals surface area contributed by atoms with Crippen LogP contribution in [-0.4, -0.2) is 79.5 Å². The molecular formula is C28H38N4O6S. The van der Waals surface area contributed by atoms with Gasteiger partial charge in [0.15, 0.2) is 0 Å². The minimum Gasteiger partial charge on any atom is -0.484 e. The first-order chi connectivity index (χ1) is 18.5. The largest absolute Gasteiger partial charge is 0.484 e. The number of Topliss-reactive ketones (excluding diaryl/α,β-unsaturated/α-hetero) is 1. The lowest BCUT2D eigenvalue weighted by molar-refractivity contribution is -0.128. The van der Waals surface area contributed by atoms with Crippen LogP contribution in [0.4, 0.5) is 5.69 Å². The van der Waals surface area contributed by atoms with Crippen molar-refractivity contribution in [2.45, 2.75) is 45.8 Å². The first-order valence-corrected chi connectivity index (χ1v) is 15.2. The number of para-hydroxylation sites is 1. The van der Waals surface area contributed by atoms with E-state index >= 15 is 0 Å². The van der Waals surface area contributed by atoms with Crippen molar-refractivity contribution in [3.05, 3.63) is 46.9 Å². The Morgan fingerprint density at radius 2 is 1.72 bits per heavy atom. The highest BCUT2D eigenvalue weighted by atomic mass is 32.2. The van der Waals surface area contributed by atoms with Gasteiger partial charge in [-0.05, 0) is 36.8 Å². The molecule has 0 radical (unpaired) electrons. The van der Waals surface area contributed by atoms with E-state index in [2.05, 4.69) is 5.10 Å². The van der Waals surface area contributed by atoms with Crippen molar-refractivity contribution >= 4 is 21.5 Å². The van der Waals surface area contributed by atoms with Crippen LogP contribution in [-0.2, 0) is 19.6 Å². The van der Waals surface area contributed by atoms with Crippen molar-refractivity contribution in [2.75, 3.05) is 50.9 Å². The third-order valence-electron chi connectivity index (χ3n) is 9.41. The molecular weight excluding hydrogens is 520 g/mol. The molecule has 3 atom stereocenters. The number of aromatic nitrogens is 2. The number of ketones is 1. The smallest absolute Gasteiger partial charge is 0.316 e. The number of carbonyl (C=O) groups is 1. The van der Waals surface area contributed by atoms with Gasteiger partial charge in [-0.3, -0.25) is 9.59 Å². The van der Waals surface area contributed by atoms with Crippen molar-refractivity contribution in [3.63, 3.8) is 0 Å². The summed E-state index contributed by atoms with van der Waals surface area (Å²) in [4.78, 5) is 28.3. The molecule has 2 unspecified atom stereocenters. The Bertz CT molecular complexity index is 1380. The van der Waals surface area contributed by atoms with Crippen molar-refractivity contribution < 1.29 is 22.7 Å².